The predicted molar refractivity (Wildman–Crippen MR) is 52.5 cm³/mol. The Bertz CT molecular complexity index is 491. The molecule has 1 unspecified atom stereocenters. The molecule has 0 radical (unpaired) electrons. The third kappa shape index (κ3) is 2.04. The van der Waals surface area contributed by atoms with E-state index in [2.05, 4.69) is 9.97 Å². The van der Waals surface area contributed by atoms with Crippen molar-refractivity contribution in [2.24, 2.45) is 0 Å². The first-order valence-corrected chi connectivity index (χ1v) is 4.57. The normalized spacial score (nSPS) is 12.4. The molecule has 3 nitrogen and oxygen atoms in total. The molecule has 0 bridgehead atoms. The molecule has 0 amide bonds. The minimum absolute atomic E-state index is 0.0260. The molecule has 0 saturated carbocycles. The molecule has 1 aromatic heterocycles. The molecule has 2 aromatic rings. The average Bonchev–Trinajstić information content (AvgIpc) is 2.29. The number of aliphatic hydroxyl groups is 1. The summed E-state index contributed by atoms with van der Waals surface area (Å²) in [5, 5.41) is 9.80. The Balaban J connectivity index is 2.38. The maximum Gasteiger partial charge on any atom is 0.132 e. The minimum atomic E-state index is -1.24. The second kappa shape index (κ2) is 4.32. The van der Waals surface area contributed by atoms with Crippen molar-refractivity contribution in [1.82, 2.24) is 9.97 Å². The number of benzene rings is 1. The zero-order valence-electron chi connectivity index (χ0n) is 8.14. The molecule has 1 N–H and O–H groups in total. The van der Waals surface area contributed by atoms with Gasteiger partial charge < -0.3 is 5.11 Å². The minimum Gasteiger partial charge on any atom is -0.382 e. The number of aliphatic hydroxyl groups excluding tert-OH is 1. The van der Waals surface area contributed by atoms with Gasteiger partial charge >= 0.3 is 0 Å². The summed E-state index contributed by atoms with van der Waals surface area (Å²) in [4.78, 5) is 7.61. The van der Waals surface area contributed by atoms with Crippen molar-refractivity contribution in [3.63, 3.8) is 0 Å². The molecule has 0 aliphatic rings. The summed E-state index contributed by atoms with van der Waals surface area (Å²) in [5.74, 6) is -1.49. The van der Waals surface area contributed by atoms with Gasteiger partial charge in [-0.3, -0.25) is 9.97 Å². The third-order valence-corrected chi connectivity index (χ3v) is 2.12. The molecule has 0 saturated heterocycles. The highest BCUT2D eigenvalue weighted by Gasteiger charge is 2.16. The second-order valence-corrected chi connectivity index (χ2v) is 3.20. The predicted octanol–water partition coefficient (Wildman–Crippen LogP) is 1.84. The van der Waals surface area contributed by atoms with Gasteiger partial charge in [0.25, 0.3) is 0 Å². The Hall–Kier alpha value is -1.88. The van der Waals surface area contributed by atoms with Crippen LogP contribution in [0, 0.1) is 11.6 Å². The van der Waals surface area contributed by atoms with E-state index in [0.29, 0.717) is 0 Å². The first-order chi connectivity index (χ1) is 7.68. The molecule has 0 spiro atoms. The molecule has 16 heavy (non-hydrogen) atoms. The SMILES string of the molecule is OC(c1cnccn1)c1ccc(F)cc1F. The van der Waals surface area contributed by atoms with Crippen LogP contribution in [0.4, 0.5) is 8.78 Å². The molecular formula is C11H8F2N2O. The van der Waals surface area contributed by atoms with Gasteiger partial charge in [0.05, 0.1) is 11.9 Å². The number of rotatable bonds is 2. The summed E-state index contributed by atoms with van der Waals surface area (Å²) in [6, 6.07) is 2.98. The molecule has 82 valence electrons. The monoisotopic (exact) mass is 222 g/mol. The lowest BCUT2D eigenvalue weighted by molar-refractivity contribution is 0.209. The number of nitrogens with zero attached hydrogens (tertiary/aromatic N) is 2. The van der Waals surface area contributed by atoms with Gasteiger partial charge in [0.2, 0.25) is 0 Å². The highest BCUT2D eigenvalue weighted by atomic mass is 19.1. The summed E-state index contributed by atoms with van der Waals surface area (Å²) in [5.41, 5.74) is 0.190. The molecule has 1 atom stereocenters. The summed E-state index contributed by atoms with van der Waals surface area (Å²) in [7, 11) is 0. The Morgan fingerprint density at radius 1 is 1.19 bits per heavy atom. The van der Waals surface area contributed by atoms with Crippen LogP contribution in [-0.4, -0.2) is 15.1 Å². The molecule has 5 heteroatoms. The standard InChI is InChI=1S/C11H8F2N2O/c12-7-1-2-8(9(13)5-7)11(16)10-6-14-3-4-15-10/h1-6,11,16H. The largest absolute Gasteiger partial charge is 0.382 e. The number of hydrogen-bond donors (Lipinski definition) is 1. The Morgan fingerprint density at radius 3 is 2.62 bits per heavy atom. The fraction of sp³-hybridized carbons (Fsp3) is 0.0909. The zero-order chi connectivity index (χ0) is 11.5. The van der Waals surface area contributed by atoms with Crippen LogP contribution in [0.3, 0.4) is 0 Å². The highest BCUT2D eigenvalue weighted by Crippen LogP contribution is 2.22. The molecule has 1 heterocycles. The molecular weight excluding hydrogens is 214 g/mol. The van der Waals surface area contributed by atoms with Crippen molar-refractivity contribution >= 4 is 0 Å². The Kier molecular flexibility index (Phi) is 2.87. The molecule has 2 rings (SSSR count). The smallest absolute Gasteiger partial charge is 0.132 e. The van der Waals surface area contributed by atoms with Crippen molar-refractivity contribution in [3.8, 4) is 0 Å². The lowest BCUT2D eigenvalue weighted by Gasteiger charge is -2.10. The van der Waals surface area contributed by atoms with E-state index in [1.54, 1.807) is 0 Å². The molecule has 1 aromatic carbocycles. The van der Waals surface area contributed by atoms with E-state index in [-0.39, 0.29) is 11.3 Å². The topological polar surface area (TPSA) is 46.0 Å². The van der Waals surface area contributed by atoms with Crippen LogP contribution in [0.25, 0.3) is 0 Å². The second-order valence-electron chi connectivity index (χ2n) is 3.20. The fourth-order valence-electron chi connectivity index (χ4n) is 1.33. The van der Waals surface area contributed by atoms with E-state index in [9.17, 15) is 13.9 Å². The van der Waals surface area contributed by atoms with E-state index >= 15 is 0 Å². The average molecular weight is 222 g/mol. The van der Waals surface area contributed by atoms with Crippen LogP contribution in [0.1, 0.15) is 17.4 Å². The van der Waals surface area contributed by atoms with Crippen LogP contribution in [-0.2, 0) is 0 Å². The van der Waals surface area contributed by atoms with E-state index in [1.807, 2.05) is 0 Å². The maximum atomic E-state index is 13.3. The van der Waals surface area contributed by atoms with Gasteiger partial charge in [0.15, 0.2) is 0 Å². The van der Waals surface area contributed by atoms with Crippen LogP contribution >= 0.6 is 0 Å². The summed E-state index contributed by atoms with van der Waals surface area (Å²) in [6.45, 7) is 0. The number of halogens is 2. The van der Waals surface area contributed by atoms with Gasteiger partial charge in [0, 0.05) is 24.0 Å². The van der Waals surface area contributed by atoms with Crippen molar-refractivity contribution in [1.29, 1.82) is 0 Å². The lowest BCUT2D eigenvalue weighted by atomic mass is 10.1. The molecule has 0 aliphatic heterocycles. The number of hydrogen-bond acceptors (Lipinski definition) is 3. The maximum absolute atomic E-state index is 13.3. The van der Waals surface area contributed by atoms with Crippen LogP contribution in [0.2, 0.25) is 0 Å². The summed E-state index contributed by atoms with van der Waals surface area (Å²) in [6.07, 6.45) is 2.92. The first kappa shape index (κ1) is 10.6. The van der Waals surface area contributed by atoms with E-state index < -0.39 is 17.7 Å². The van der Waals surface area contributed by atoms with Gasteiger partial charge in [-0.15, -0.1) is 0 Å². The lowest BCUT2D eigenvalue weighted by Crippen LogP contribution is -2.05. The van der Waals surface area contributed by atoms with Crippen molar-refractivity contribution in [2.75, 3.05) is 0 Å². The fourth-order valence-corrected chi connectivity index (χ4v) is 1.33. The van der Waals surface area contributed by atoms with Gasteiger partial charge in [-0.05, 0) is 6.07 Å². The van der Waals surface area contributed by atoms with Gasteiger partial charge in [0.1, 0.15) is 17.7 Å². The van der Waals surface area contributed by atoms with Crippen molar-refractivity contribution in [3.05, 3.63) is 59.7 Å². The number of aromatic nitrogens is 2. The quantitative estimate of drug-likeness (QED) is 0.843. The van der Waals surface area contributed by atoms with E-state index in [0.717, 1.165) is 12.1 Å². The van der Waals surface area contributed by atoms with Crippen LogP contribution in [0.5, 0.6) is 0 Å². The molecule has 0 aliphatic carbocycles. The van der Waals surface area contributed by atoms with Crippen molar-refractivity contribution < 1.29 is 13.9 Å². The summed E-state index contributed by atoms with van der Waals surface area (Å²) < 4.78 is 26.0. The van der Waals surface area contributed by atoms with Crippen LogP contribution < -0.4 is 0 Å². The van der Waals surface area contributed by atoms with Crippen LogP contribution in [0.15, 0.2) is 36.8 Å². The highest BCUT2D eigenvalue weighted by molar-refractivity contribution is 5.26. The van der Waals surface area contributed by atoms with Gasteiger partial charge in [-0.2, -0.15) is 0 Å². The zero-order valence-corrected chi connectivity index (χ0v) is 8.14. The Labute approximate surface area is 90.4 Å². The van der Waals surface area contributed by atoms with E-state index in [4.69, 9.17) is 0 Å². The molecule has 0 fully saturated rings. The Morgan fingerprint density at radius 2 is 2.00 bits per heavy atom. The van der Waals surface area contributed by atoms with E-state index in [1.165, 1.54) is 24.7 Å². The first-order valence-electron chi connectivity index (χ1n) is 4.57. The summed E-state index contributed by atoms with van der Waals surface area (Å²) >= 11 is 0. The third-order valence-electron chi connectivity index (χ3n) is 2.12. The van der Waals surface area contributed by atoms with Gasteiger partial charge in [-0.25, -0.2) is 8.78 Å². The van der Waals surface area contributed by atoms with Crippen molar-refractivity contribution in [2.45, 2.75) is 6.10 Å². The van der Waals surface area contributed by atoms with Gasteiger partial charge in [-0.1, -0.05) is 6.07 Å².